The molecule has 4 nitrogen and oxygen atoms in total. The molecule has 0 radical (unpaired) electrons. The van der Waals surface area contributed by atoms with Crippen LogP contribution in [0.3, 0.4) is 0 Å². The number of aldehydes is 1. The molecule has 0 unspecified atom stereocenters. The molecular formula is C23H26O4. The maximum atomic E-state index is 11.8. The number of carbonyl (C=O) groups is 3. The maximum absolute atomic E-state index is 11.8. The van der Waals surface area contributed by atoms with Crippen LogP contribution in [-0.4, -0.2) is 18.0 Å². The highest BCUT2D eigenvalue weighted by Gasteiger charge is 2.54. The molecule has 2 saturated carbocycles. The lowest BCUT2D eigenvalue weighted by Gasteiger charge is -2.51. The van der Waals surface area contributed by atoms with Crippen molar-refractivity contribution in [2.24, 2.45) is 22.7 Å². The Morgan fingerprint density at radius 1 is 1.26 bits per heavy atom. The normalized spacial score (nSPS) is 38.9. The Hall–Kier alpha value is -2.23. The van der Waals surface area contributed by atoms with E-state index in [1.54, 1.807) is 6.08 Å². The van der Waals surface area contributed by atoms with Crippen LogP contribution < -0.4 is 0 Å². The molecule has 0 amide bonds. The minimum absolute atomic E-state index is 0.0882. The van der Waals surface area contributed by atoms with E-state index in [0.717, 1.165) is 37.7 Å². The zero-order chi connectivity index (χ0) is 19.4. The summed E-state index contributed by atoms with van der Waals surface area (Å²) in [6.45, 7) is 5.78. The van der Waals surface area contributed by atoms with Gasteiger partial charge in [-0.05, 0) is 74.0 Å². The minimum Gasteiger partial charge on any atom is -0.423 e. The highest BCUT2D eigenvalue weighted by Crippen LogP contribution is 2.64. The third-order valence-corrected chi connectivity index (χ3v) is 7.39. The molecular weight excluding hydrogens is 340 g/mol. The molecule has 0 saturated heterocycles. The number of ether oxygens (including phenoxy) is 1. The van der Waals surface area contributed by atoms with Gasteiger partial charge in [0.1, 0.15) is 0 Å². The number of ketones is 1. The first-order valence-electron chi connectivity index (χ1n) is 9.81. The predicted molar refractivity (Wildman–Crippen MR) is 101 cm³/mol. The van der Waals surface area contributed by atoms with Gasteiger partial charge in [0.25, 0.3) is 0 Å². The van der Waals surface area contributed by atoms with Gasteiger partial charge in [-0.25, -0.2) is 0 Å². The predicted octanol–water partition coefficient (Wildman–Crippen LogP) is 4.23. The number of rotatable bonds is 2. The molecule has 4 atom stereocenters. The Kier molecular flexibility index (Phi) is 4.13. The Bertz CT molecular complexity index is 856. The molecule has 4 aliphatic carbocycles. The number of fused-ring (bicyclic) bond motifs is 5. The van der Waals surface area contributed by atoms with E-state index in [1.807, 2.05) is 6.08 Å². The molecule has 0 aromatic carbocycles. The first-order valence-corrected chi connectivity index (χ1v) is 9.81. The lowest BCUT2D eigenvalue weighted by atomic mass is 9.53. The minimum atomic E-state index is -0.444. The molecule has 0 aromatic rings. The second-order valence-corrected chi connectivity index (χ2v) is 8.73. The summed E-state index contributed by atoms with van der Waals surface area (Å²) in [5.41, 5.74) is 3.34. The third-order valence-electron chi connectivity index (χ3n) is 7.39. The van der Waals surface area contributed by atoms with Gasteiger partial charge in [0.15, 0.2) is 17.8 Å². The number of esters is 1. The zero-order valence-electron chi connectivity index (χ0n) is 16.2. The maximum Gasteiger partial charge on any atom is 0.308 e. The van der Waals surface area contributed by atoms with Crippen LogP contribution in [0.1, 0.15) is 52.9 Å². The van der Waals surface area contributed by atoms with Gasteiger partial charge in [0.2, 0.25) is 0 Å². The van der Waals surface area contributed by atoms with Crippen LogP contribution in [0, 0.1) is 22.7 Å². The van der Waals surface area contributed by atoms with E-state index in [-0.39, 0.29) is 22.4 Å². The van der Waals surface area contributed by atoms with Crippen LogP contribution in [-0.2, 0) is 19.1 Å². The molecule has 0 heterocycles. The molecule has 142 valence electrons. The molecule has 0 spiro atoms. The van der Waals surface area contributed by atoms with E-state index in [4.69, 9.17) is 4.74 Å². The summed E-state index contributed by atoms with van der Waals surface area (Å²) in [5, 5.41) is 0. The molecule has 0 bridgehead atoms. The van der Waals surface area contributed by atoms with Crippen LogP contribution in [0.5, 0.6) is 0 Å². The van der Waals surface area contributed by atoms with Gasteiger partial charge in [0, 0.05) is 12.3 Å². The molecule has 4 aliphatic rings. The summed E-state index contributed by atoms with van der Waals surface area (Å²) >= 11 is 0. The fourth-order valence-electron chi connectivity index (χ4n) is 6.06. The molecule has 0 aliphatic heterocycles. The van der Waals surface area contributed by atoms with Crippen LogP contribution in [0.2, 0.25) is 0 Å². The summed E-state index contributed by atoms with van der Waals surface area (Å²) in [6.07, 6.45) is 13.2. The lowest BCUT2D eigenvalue weighted by Crippen LogP contribution is -2.42. The first kappa shape index (κ1) is 18.1. The molecule has 0 N–H and O–H groups in total. The van der Waals surface area contributed by atoms with E-state index in [0.29, 0.717) is 18.1 Å². The summed E-state index contributed by atoms with van der Waals surface area (Å²) in [5.74, 6) is 0.731. The van der Waals surface area contributed by atoms with E-state index in [2.05, 4.69) is 26.0 Å². The summed E-state index contributed by atoms with van der Waals surface area (Å²) in [6, 6.07) is 0. The van der Waals surface area contributed by atoms with Gasteiger partial charge in [-0.2, -0.15) is 0 Å². The Morgan fingerprint density at radius 2 is 2.04 bits per heavy atom. The van der Waals surface area contributed by atoms with Crippen LogP contribution in [0.15, 0.2) is 46.8 Å². The summed E-state index contributed by atoms with van der Waals surface area (Å²) in [7, 11) is 0. The van der Waals surface area contributed by atoms with Crippen molar-refractivity contribution in [2.75, 3.05) is 0 Å². The monoisotopic (exact) mass is 366 g/mol. The van der Waals surface area contributed by atoms with E-state index >= 15 is 0 Å². The van der Waals surface area contributed by atoms with Gasteiger partial charge in [-0.3, -0.25) is 14.4 Å². The molecule has 27 heavy (non-hydrogen) atoms. The van der Waals surface area contributed by atoms with Gasteiger partial charge in [0.05, 0.1) is 0 Å². The van der Waals surface area contributed by atoms with Crippen molar-refractivity contribution in [3.05, 3.63) is 46.8 Å². The molecule has 4 heteroatoms. The van der Waals surface area contributed by atoms with E-state index in [9.17, 15) is 14.4 Å². The van der Waals surface area contributed by atoms with E-state index < -0.39 is 5.97 Å². The van der Waals surface area contributed by atoms with Crippen molar-refractivity contribution in [3.8, 4) is 0 Å². The number of carbonyl (C=O) groups excluding carboxylic acids is 3. The second-order valence-electron chi connectivity index (χ2n) is 8.73. The zero-order valence-corrected chi connectivity index (χ0v) is 16.2. The van der Waals surface area contributed by atoms with Crippen LogP contribution >= 0.6 is 0 Å². The van der Waals surface area contributed by atoms with Gasteiger partial charge < -0.3 is 4.74 Å². The second kappa shape index (κ2) is 6.15. The van der Waals surface area contributed by atoms with Crippen molar-refractivity contribution < 1.29 is 19.1 Å². The van der Waals surface area contributed by atoms with Crippen molar-refractivity contribution in [1.82, 2.24) is 0 Å². The number of hydrogen-bond acceptors (Lipinski definition) is 4. The third kappa shape index (κ3) is 2.60. The van der Waals surface area contributed by atoms with E-state index in [1.165, 1.54) is 18.1 Å². The van der Waals surface area contributed by atoms with Gasteiger partial charge >= 0.3 is 5.97 Å². The molecule has 4 rings (SSSR count). The number of hydrogen-bond donors (Lipinski definition) is 0. The largest absolute Gasteiger partial charge is 0.423 e. The van der Waals surface area contributed by atoms with Crippen LogP contribution in [0.25, 0.3) is 0 Å². The number of allylic oxidation sites excluding steroid dienone is 8. The lowest BCUT2D eigenvalue weighted by molar-refractivity contribution is -0.138. The smallest absolute Gasteiger partial charge is 0.308 e. The van der Waals surface area contributed by atoms with Gasteiger partial charge in [-0.1, -0.05) is 30.2 Å². The average Bonchev–Trinajstić information content (AvgIpc) is 2.97. The SMILES string of the molecule is CC(=O)O/C(C=O)=C1/CC[C@H]2[C@@H]3CCC4=CC(=O)C=C[C@]4(C)C3=CC[C@]12C. The quantitative estimate of drug-likeness (QED) is 0.241. The van der Waals surface area contributed by atoms with Gasteiger partial charge in [-0.15, -0.1) is 0 Å². The molecule has 0 aromatic heterocycles. The van der Waals surface area contributed by atoms with Crippen molar-refractivity contribution >= 4 is 18.0 Å². The Morgan fingerprint density at radius 3 is 2.74 bits per heavy atom. The van der Waals surface area contributed by atoms with Crippen molar-refractivity contribution in [2.45, 2.75) is 52.9 Å². The van der Waals surface area contributed by atoms with Crippen molar-refractivity contribution in [1.29, 1.82) is 0 Å². The first-order chi connectivity index (χ1) is 12.8. The standard InChI is InChI=1S/C23H26O4/c1-14(25)27-21(13-24)20-7-6-18-17-5-4-15-12-16(26)8-10-22(15,2)19(17)9-11-23(18,20)3/h8-10,12-13,17-18H,4-7,11H2,1-3H3/b21-20-/t17-,18-,22-,23-/m0/s1. The highest BCUT2D eigenvalue weighted by atomic mass is 16.5. The summed E-state index contributed by atoms with van der Waals surface area (Å²) < 4.78 is 5.25. The summed E-state index contributed by atoms with van der Waals surface area (Å²) in [4.78, 5) is 34.8. The topological polar surface area (TPSA) is 60.4 Å². The van der Waals surface area contributed by atoms with Crippen molar-refractivity contribution in [3.63, 3.8) is 0 Å². The Labute approximate surface area is 160 Å². The fourth-order valence-corrected chi connectivity index (χ4v) is 6.06. The fraction of sp³-hybridized carbons (Fsp3) is 0.522. The average molecular weight is 366 g/mol. The molecule has 2 fully saturated rings. The highest BCUT2D eigenvalue weighted by molar-refractivity contribution is 6.01. The van der Waals surface area contributed by atoms with Crippen LogP contribution in [0.4, 0.5) is 0 Å². The Balaban J connectivity index is 1.75.